The molecule has 1 aliphatic heterocycles. The van der Waals surface area contributed by atoms with E-state index in [0.29, 0.717) is 24.7 Å². The lowest BCUT2D eigenvalue weighted by Crippen LogP contribution is -2.31. The van der Waals surface area contributed by atoms with Crippen LogP contribution in [-0.2, 0) is 4.79 Å². The quantitative estimate of drug-likeness (QED) is 0.598. The Labute approximate surface area is 183 Å². The van der Waals surface area contributed by atoms with Gasteiger partial charge in [0.2, 0.25) is 5.91 Å². The van der Waals surface area contributed by atoms with Gasteiger partial charge in [-0.25, -0.2) is 0 Å². The van der Waals surface area contributed by atoms with E-state index in [4.69, 9.17) is 21.7 Å². The van der Waals surface area contributed by atoms with E-state index in [1.165, 1.54) is 0 Å². The lowest BCUT2D eigenvalue weighted by Gasteiger charge is -2.20. The second-order valence-electron chi connectivity index (χ2n) is 7.09. The molecule has 2 aromatic rings. The van der Waals surface area contributed by atoms with Crippen molar-refractivity contribution in [3.63, 3.8) is 0 Å². The molecule has 1 atom stereocenters. The van der Waals surface area contributed by atoms with E-state index in [1.54, 1.807) is 0 Å². The Hall–Kier alpha value is -2.80. The third-order valence-corrected chi connectivity index (χ3v) is 5.12. The van der Waals surface area contributed by atoms with Gasteiger partial charge in [0.05, 0.1) is 19.3 Å². The first-order chi connectivity index (χ1) is 14.5. The lowest BCUT2D eigenvalue weighted by atomic mass is 10.1. The summed E-state index contributed by atoms with van der Waals surface area (Å²) in [6.45, 7) is 7.87. The van der Waals surface area contributed by atoms with Crippen molar-refractivity contribution < 1.29 is 14.3 Å². The van der Waals surface area contributed by atoms with Crippen molar-refractivity contribution in [1.29, 1.82) is 0 Å². The predicted octanol–water partition coefficient (Wildman–Crippen LogP) is 4.66. The molecule has 7 heteroatoms. The Balaban J connectivity index is 1.65. The maximum atomic E-state index is 12.0. The summed E-state index contributed by atoms with van der Waals surface area (Å²) in [5, 5.41) is 7.04. The smallest absolute Gasteiger partial charge is 0.227 e. The molecule has 1 amide bonds. The summed E-state index contributed by atoms with van der Waals surface area (Å²) >= 11 is 5.51. The van der Waals surface area contributed by atoms with Crippen molar-refractivity contribution >= 4 is 34.6 Å². The zero-order valence-corrected chi connectivity index (χ0v) is 18.6. The van der Waals surface area contributed by atoms with Gasteiger partial charge < -0.3 is 25.0 Å². The van der Waals surface area contributed by atoms with Crippen LogP contribution in [0.1, 0.15) is 45.2 Å². The Morgan fingerprint density at radius 3 is 2.60 bits per heavy atom. The minimum Gasteiger partial charge on any atom is -0.490 e. The molecule has 2 N–H and O–H groups in total. The van der Waals surface area contributed by atoms with Crippen molar-refractivity contribution in [1.82, 2.24) is 5.32 Å². The molecular weight excluding hydrogens is 398 g/mol. The molecule has 1 saturated heterocycles. The molecular formula is C23H29N3O3S. The largest absolute Gasteiger partial charge is 0.490 e. The number of rotatable bonds is 8. The van der Waals surface area contributed by atoms with E-state index in [0.717, 1.165) is 41.4 Å². The summed E-state index contributed by atoms with van der Waals surface area (Å²) in [7, 11) is 0. The van der Waals surface area contributed by atoms with Crippen molar-refractivity contribution in [2.24, 2.45) is 0 Å². The van der Waals surface area contributed by atoms with Gasteiger partial charge in [0.25, 0.3) is 0 Å². The molecule has 0 spiro atoms. The van der Waals surface area contributed by atoms with Crippen LogP contribution in [0.15, 0.2) is 42.5 Å². The van der Waals surface area contributed by atoms with Crippen LogP contribution in [-0.4, -0.2) is 30.8 Å². The minimum atomic E-state index is -0.0248. The SMILES string of the molecule is CCOc1ccc(C(C)NC(=S)Nc2cccc(N3CCCC3=O)c2)cc1OCC. The van der Waals surface area contributed by atoms with Crippen LogP contribution in [0.5, 0.6) is 11.5 Å². The molecule has 2 aromatic carbocycles. The van der Waals surface area contributed by atoms with E-state index in [1.807, 2.05) is 68.1 Å². The topological polar surface area (TPSA) is 62.8 Å². The van der Waals surface area contributed by atoms with Gasteiger partial charge in [-0.05, 0) is 75.3 Å². The number of hydrogen-bond donors (Lipinski definition) is 2. The summed E-state index contributed by atoms with van der Waals surface area (Å²) in [6.07, 6.45) is 1.51. The van der Waals surface area contributed by atoms with Crippen LogP contribution in [0.3, 0.4) is 0 Å². The van der Waals surface area contributed by atoms with Gasteiger partial charge in [-0.2, -0.15) is 0 Å². The fourth-order valence-electron chi connectivity index (χ4n) is 3.46. The Bertz CT molecular complexity index is 903. The fourth-order valence-corrected chi connectivity index (χ4v) is 3.75. The van der Waals surface area contributed by atoms with E-state index in [9.17, 15) is 4.79 Å². The molecule has 30 heavy (non-hydrogen) atoms. The monoisotopic (exact) mass is 427 g/mol. The third kappa shape index (κ3) is 5.42. The molecule has 0 aromatic heterocycles. The number of carbonyl (C=O) groups excluding carboxylic acids is 1. The number of thiocarbonyl (C=S) groups is 1. The van der Waals surface area contributed by atoms with Crippen molar-refractivity contribution in [2.75, 3.05) is 30.0 Å². The molecule has 1 unspecified atom stereocenters. The van der Waals surface area contributed by atoms with E-state index >= 15 is 0 Å². The van der Waals surface area contributed by atoms with Gasteiger partial charge in [0, 0.05) is 24.3 Å². The van der Waals surface area contributed by atoms with Gasteiger partial charge in [0.15, 0.2) is 16.6 Å². The van der Waals surface area contributed by atoms with E-state index in [2.05, 4.69) is 10.6 Å². The van der Waals surface area contributed by atoms with Gasteiger partial charge in [-0.3, -0.25) is 4.79 Å². The summed E-state index contributed by atoms with van der Waals surface area (Å²) in [4.78, 5) is 13.8. The number of carbonyl (C=O) groups is 1. The molecule has 1 heterocycles. The molecule has 1 aliphatic rings. The van der Waals surface area contributed by atoms with Gasteiger partial charge in [-0.15, -0.1) is 0 Å². The molecule has 0 bridgehead atoms. The molecule has 0 radical (unpaired) electrons. The third-order valence-electron chi connectivity index (χ3n) is 4.90. The van der Waals surface area contributed by atoms with Crippen LogP contribution in [0.25, 0.3) is 0 Å². The Morgan fingerprint density at radius 1 is 1.13 bits per heavy atom. The molecule has 1 fully saturated rings. The number of nitrogens with one attached hydrogen (secondary N) is 2. The zero-order valence-electron chi connectivity index (χ0n) is 17.7. The fraction of sp³-hybridized carbons (Fsp3) is 0.391. The first-order valence-electron chi connectivity index (χ1n) is 10.4. The summed E-state index contributed by atoms with van der Waals surface area (Å²) in [6, 6.07) is 13.7. The normalized spacial score (nSPS) is 14.4. The van der Waals surface area contributed by atoms with Crippen molar-refractivity contribution in [2.45, 2.75) is 39.7 Å². The second-order valence-corrected chi connectivity index (χ2v) is 7.50. The highest BCUT2D eigenvalue weighted by molar-refractivity contribution is 7.80. The first-order valence-corrected chi connectivity index (χ1v) is 10.8. The average Bonchev–Trinajstić information content (AvgIpc) is 3.15. The van der Waals surface area contributed by atoms with Gasteiger partial charge >= 0.3 is 0 Å². The first kappa shape index (κ1) is 21.9. The highest BCUT2D eigenvalue weighted by atomic mass is 32.1. The highest BCUT2D eigenvalue weighted by Crippen LogP contribution is 2.31. The molecule has 6 nitrogen and oxygen atoms in total. The number of anilines is 2. The number of hydrogen-bond acceptors (Lipinski definition) is 4. The summed E-state index contributed by atoms with van der Waals surface area (Å²) in [5.41, 5.74) is 2.78. The Kier molecular flexibility index (Phi) is 7.52. The van der Waals surface area contributed by atoms with Crippen molar-refractivity contribution in [3.05, 3.63) is 48.0 Å². The summed E-state index contributed by atoms with van der Waals surface area (Å²) < 4.78 is 11.4. The van der Waals surface area contributed by atoms with Gasteiger partial charge in [0.1, 0.15) is 0 Å². The zero-order chi connectivity index (χ0) is 21.5. The predicted molar refractivity (Wildman–Crippen MR) is 125 cm³/mol. The summed E-state index contributed by atoms with van der Waals surface area (Å²) in [5.74, 6) is 1.64. The molecule has 3 rings (SSSR count). The van der Waals surface area contributed by atoms with Crippen LogP contribution in [0.2, 0.25) is 0 Å². The average molecular weight is 428 g/mol. The van der Waals surface area contributed by atoms with Gasteiger partial charge in [-0.1, -0.05) is 12.1 Å². The minimum absolute atomic E-state index is 0.0248. The number of nitrogens with zero attached hydrogens (tertiary/aromatic N) is 1. The maximum absolute atomic E-state index is 12.0. The standard InChI is InChI=1S/C23H29N3O3S/c1-4-28-20-12-11-17(14-21(20)29-5-2)16(3)24-23(30)25-18-8-6-9-19(15-18)26-13-7-10-22(26)27/h6,8-9,11-12,14-16H,4-5,7,10,13H2,1-3H3,(H2,24,25,30). The van der Waals surface area contributed by atoms with Crippen LogP contribution < -0.4 is 25.0 Å². The second kappa shape index (κ2) is 10.3. The van der Waals surface area contributed by atoms with Crippen molar-refractivity contribution in [3.8, 4) is 11.5 Å². The molecule has 160 valence electrons. The van der Waals surface area contributed by atoms with Crippen LogP contribution in [0, 0.1) is 0 Å². The lowest BCUT2D eigenvalue weighted by molar-refractivity contribution is -0.117. The maximum Gasteiger partial charge on any atom is 0.227 e. The van der Waals surface area contributed by atoms with Crippen LogP contribution >= 0.6 is 12.2 Å². The van der Waals surface area contributed by atoms with E-state index < -0.39 is 0 Å². The molecule has 0 saturated carbocycles. The van der Waals surface area contributed by atoms with E-state index in [-0.39, 0.29) is 11.9 Å². The number of amides is 1. The van der Waals surface area contributed by atoms with Crippen LogP contribution in [0.4, 0.5) is 11.4 Å². The highest BCUT2D eigenvalue weighted by Gasteiger charge is 2.21. The number of ether oxygens (including phenoxy) is 2. The number of benzene rings is 2. The Morgan fingerprint density at radius 2 is 1.90 bits per heavy atom. The molecule has 0 aliphatic carbocycles.